The van der Waals surface area contributed by atoms with E-state index in [1.165, 1.54) is 6.08 Å². The molecule has 0 heterocycles. The van der Waals surface area contributed by atoms with Crippen LogP contribution in [-0.4, -0.2) is 24.4 Å². The number of nitrogens with one attached hydrogen (secondary N) is 2. The molecule has 2 N–H and O–H groups in total. The molecule has 0 saturated carbocycles. The van der Waals surface area contributed by atoms with Gasteiger partial charge in [0.15, 0.2) is 5.11 Å². The van der Waals surface area contributed by atoms with Gasteiger partial charge in [0.2, 0.25) is 0 Å². The summed E-state index contributed by atoms with van der Waals surface area (Å²) < 4.78 is 10.4. The Kier molecular flexibility index (Phi) is 8.11. The highest BCUT2D eigenvalue weighted by Gasteiger charge is 2.01. The Bertz CT molecular complexity index is 1120. The van der Waals surface area contributed by atoms with Crippen molar-refractivity contribution in [3.05, 3.63) is 95.6 Å². The largest absolute Gasteiger partial charge is 0.497 e. The number of methoxy groups -OCH3 is 1. The van der Waals surface area contributed by atoms with Crippen LogP contribution in [0.4, 0.5) is 5.69 Å². The summed E-state index contributed by atoms with van der Waals surface area (Å²) >= 11 is 5.23. The first-order valence-corrected chi connectivity index (χ1v) is 10.2. The van der Waals surface area contributed by atoms with E-state index in [9.17, 15) is 4.79 Å². The Hall–Kier alpha value is -3.97. The number of ether oxygens (including phenoxy) is 2. The summed E-state index contributed by atoms with van der Waals surface area (Å²) in [6, 6.07) is 22.2. The molecular formula is C25H23N3O3S. The average molecular weight is 446 g/mol. The van der Waals surface area contributed by atoms with Gasteiger partial charge in [-0.3, -0.25) is 5.43 Å². The van der Waals surface area contributed by atoms with Crippen molar-refractivity contribution in [2.24, 2.45) is 5.10 Å². The minimum Gasteiger partial charge on any atom is -0.497 e. The monoisotopic (exact) mass is 445 g/mol. The zero-order valence-corrected chi connectivity index (χ0v) is 18.6. The van der Waals surface area contributed by atoms with Gasteiger partial charge in [0, 0.05) is 11.8 Å². The van der Waals surface area contributed by atoms with Gasteiger partial charge < -0.3 is 14.8 Å². The maximum absolute atomic E-state index is 12.0. The third-order valence-electron chi connectivity index (χ3n) is 4.28. The number of thiocarbonyl (C=S) groups is 1. The summed E-state index contributed by atoms with van der Waals surface area (Å²) in [6.45, 7) is 2.01. The molecule has 3 aromatic carbocycles. The summed E-state index contributed by atoms with van der Waals surface area (Å²) in [6.07, 6.45) is 4.69. The lowest BCUT2D eigenvalue weighted by molar-refractivity contribution is -0.128. The molecule has 0 fully saturated rings. The number of aryl methyl sites for hydroxylation is 1. The first-order valence-electron chi connectivity index (χ1n) is 9.82. The molecule has 0 bridgehead atoms. The van der Waals surface area contributed by atoms with Crippen LogP contribution in [0, 0.1) is 6.92 Å². The van der Waals surface area contributed by atoms with Crippen molar-refractivity contribution < 1.29 is 14.3 Å². The number of rotatable bonds is 7. The second kappa shape index (κ2) is 11.4. The van der Waals surface area contributed by atoms with Gasteiger partial charge >= 0.3 is 5.97 Å². The fourth-order valence-electron chi connectivity index (χ4n) is 2.70. The van der Waals surface area contributed by atoms with Gasteiger partial charge in [-0.25, -0.2) is 4.79 Å². The van der Waals surface area contributed by atoms with Crippen LogP contribution >= 0.6 is 12.2 Å². The first kappa shape index (κ1) is 22.7. The minimum absolute atomic E-state index is 0.390. The van der Waals surface area contributed by atoms with E-state index in [-0.39, 0.29) is 0 Å². The SMILES string of the molecule is COc1ccc(/C=C/C(=O)Oc2ccc(/C=N/NC(=S)Nc3cccc(C)c3)cc2)cc1. The summed E-state index contributed by atoms with van der Waals surface area (Å²) in [7, 11) is 1.61. The molecule has 0 amide bonds. The highest BCUT2D eigenvalue weighted by atomic mass is 32.1. The lowest BCUT2D eigenvalue weighted by atomic mass is 10.2. The molecule has 0 unspecified atom stereocenters. The van der Waals surface area contributed by atoms with Gasteiger partial charge in [-0.15, -0.1) is 0 Å². The zero-order chi connectivity index (χ0) is 22.8. The van der Waals surface area contributed by atoms with Crippen molar-refractivity contribution in [3.63, 3.8) is 0 Å². The molecule has 162 valence electrons. The van der Waals surface area contributed by atoms with Crippen LogP contribution in [0.15, 0.2) is 84.0 Å². The van der Waals surface area contributed by atoms with Crippen LogP contribution in [0.25, 0.3) is 6.08 Å². The van der Waals surface area contributed by atoms with Crippen molar-refractivity contribution in [1.29, 1.82) is 0 Å². The van der Waals surface area contributed by atoms with E-state index in [4.69, 9.17) is 21.7 Å². The van der Waals surface area contributed by atoms with Gasteiger partial charge in [0.1, 0.15) is 11.5 Å². The van der Waals surface area contributed by atoms with Crippen molar-refractivity contribution in [2.75, 3.05) is 12.4 Å². The topological polar surface area (TPSA) is 72.0 Å². The number of carbonyl (C=O) groups excluding carboxylic acids is 1. The van der Waals surface area contributed by atoms with E-state index in [2.05, 4.69) is 15.8 Å². The summed E-state index contributed by atoms with van der Waals surface area (Å²) in [4.78, 5) is 12.0. The lowest BCUT2D eigenvalue weighted by Crippen LogP contribution is -2.23. The Morgan fingerprint density at radius 1 is 0.969 bits per heavy atom. The van der Waals surface area contributed by atoms with Crippen LogP contribution in [0.1, 0.15) is 16.7 Å². The molecule has 32 heavy (non-hydrogen) atoms. The molecule has 0 saturated heterocycles. The molecular weight excluding hydrogens is 422 g/mol. The number of benzene rings is 3. The number of hydrogen-bond acceptors (Lipinski definition) is 5. The second-order valence-corrected chi connectivity index (χ2v) is 7.20. The second-order valence-electron chi connectivity index (χ2n) is 6.79. The number of hydrazone groups is 1. The van der Waals surface area contributed by atoms with E-state index < -0.39 is 5.97 Å². The Labute approximate surface area is 192 Å². The standard InChI is InChI=1S/C25H23N3O3S/c1-18-4-3-5-21(16-18)27-25(32)28-26-17-20-8-13-23(14-9-20)31-24(29)15-10-19-6-11-22(30-2)12-7-19/h3-17H,1-2H3,(H2,27,28,32)/b15-10+,26-17+. The van der Waals surface area contributed by atoms with Crippen LogP contribution < -0.4 is 20.2 Å². The van der Waals surface area contributed by atoms with Crippen molar-refractivity contribution in [1.82, 2.24) is 5.43 Å². The third kappa shape index (κ3) is 7.37. The Morgan fingerprint density at radius 3 is 2.34 bits per heavy atom. The molecule has 0 radical (unpaired) electrons. The van der Waals surface area contributed by atoms with Gasteiger partial charge in [0.25, 0.3) is 0 Å². The predicted octanol–water partition coefficient (Wildman–Crippen LogP) is 4.94. The summed E-state index contributed by atoms with van der Waals surface area (Å²) in [5.74, 6) is 0.737. The van der Waals surface area contributed by atoms with Crippen LogP contribution in [0.2, 0.25) is 0 Å². The van der Waals surface area contributed by atoms with Gasteiger partial charge in [-0.2, -0.15) is 5.10 Å². The van der Waals surface area contributed by atoms with E-state index in [1.54, 1.807) is 43.7 Å². The maximum atomic E-state index is 12.0. The van der Waals surface area contributed by atoms with E-state index in [0.29, 0.717) is 10.9 Å². The van der Waals surface area contributed by atoms with Gasteiger partial charge in [0.05, 0.1) is 13.3 Å². The Balaban J connectivity index is 1.47. The molecule has 0 atom stereocenters. The minimum atomic E-state index is -0.462. The van der Waals surface area contributed by atoms with E-state index >= 15 is 0 Å². The van der Waals surface area contributed by atoms with E-state index in [0.717, 1.165) is 28.1 Å². The van der Waals surface area contributed by atoms with Crippen molar-refractivity contribution >= 4 is 41.3 Å². The molecule has 0 aromatic heterocycles. The number of hydrogen-bond donors (Lipinski definition) is 2. The average Bonchev–Trinajstić information content (AvgIpc) is 2.79. The van der Waals surface area contributed by atoms with Gasteiger partial charge in [-0.05, 0) is 90.4 Å². The molecule has 7 heteroatoms. The zero-order valence-electron chi connectivity index (χ0n) is 17.7. The highest BCUT2D eigenvalue weighted by molar-refractivity contribution is 7.80. The lowest BCUT2D eigenvalue weighted by Gasteiger charge is -2.07. The van der Waals surface area contributed by atoms with E-state index in [1.807, 2.05) is 55.5 Å². The smallest absolute Gasteiger partial charge is 0.336 e. The number of carbonyl (C=O) groups is 1. The molecule has 3 aromatic rings. The fourth-order valence-corrected chi connectivity index (χ4v) is 2.87. The number of nitrogens with zero attached hydrogens (tertiary/aromatic N) is 1. The fraction of sp³-hybridized carbons (Fsp3) is 0.0800. The Morgan fingerprint density at radius 2 is 1.66 bits per heavy atom. The van der Waals surface area contributed by atoms with Crippen molar-refractivity contribution in [2.45, 2.75) is 6.92 Å². The van der Waals surface area contributed by atoms with Crippen LogP contribution in [-0.2, 0) is 4.79 Å². The number of anilines is 1. The predicted molar refractivity (Wildman–Crippen MR) is 132 cm³/mol. The molecule has 0 spiro atoms. The molecule has 3 rings (SSSR count). The molecule has 6 nitrogen and oxygen atoms in total. The summed E-state index contributed by atoms with van der Waals surface area (Å²) in [5.41, 5.74) is 6.50. The van der Waals surface area contributed by atoms with Gasteiger partial charge in [-0.1, -0.05) is 24.3 Å². The third-order valence-corrected chi connectivity index (χ3v) is 4.48. The molecule has 0 aliphatic rings. The quantitative estimate of drug-likeness (QED) is 0.134. The molecule has 0 aliphatic carbocycles. The maximum Gasteiger partial charge on any atom is 0.336 e. The molecule has 0 aliphatic heterocycles. The van der Waals surface area contributed by atoms with Crippen LogP contribution in [0.3, 0.4) is 0 Å². The van der Waals surface area contributed by atoms with Crippen molar-refractivity contribution in [3.8, 4) is 11.5 Å². The first-order chi connectivity index (χ1) is 15.5. The normalized spacial score (nSPS) is 10.8. The highest BCUT2D eigenvalue weighted by Crippen LogP contribution is 2.14. The summed E-state index contributed by atoms with van der Waals surface area (Å²) in [5, 5.41) is 7.57. The number of esters is 1. The van der Waals surface area contributed by atoms with Crippen LogP contribution in [0.5, 0.6) is 11.5 Å².